The van der Waals surface area contributed by atoms with Crippen molar-refractivity contribution in [1.82, 2.24) is 19.6 Å². The van der Waals surface area contributed by atoms with E-state index in [0.29, 0.717) is 11.3 Å². The number of anilines is 1. The Hall–Kier alpha value is -3.29. The quantitative estimate of drug-likeness (QED) is 0.692. The minimum absolute atomic E-state index is 0.235. The molecule has 0 spiro atoms. The molecule has 1 amide bonds. The summed E-state index contributed by atoms with van der Waals surface area (Å²) < 4.78 is 1.76. The highest BCUT2D eigenvalue weighted by Crippen LogP contribution is 2.14. The van der Waals surface area contributed by atoms with Gasteiger partial charge in [0.05, 0.1) is 16.8 Å². The third-order valence-corrected chi connectivity index (χ3v) is 2.67. The van der Waals surface area contributed by atoms with Crippen molar-refractivity contribution in [2.24, 2.45) is 0 Å². The molecule has 2 N–H and O–H groups in total. The molecule has 8 heteroatoms. The summed E-state index contributed by atoms with van der Waals surface area (Å²) in [6.07, 6.45) is 6.14. The van der Waals surface area contributed by atoms with Crippen LogP contribution in [0.15, 0.2) is 43.1 Å². The van der Waals surface area contributed by atoms with Crippen LogP contribution in [0.5, 0.6) is 0 Å². The zero-order chi connectivity index (χ0) is 15.9. The molecule has 0 saturated heterocycles. The first kappa shape index (κ1) is 15.1. The summed E-state index contributed by atoms with van der Waals surface area (Å²) in [4.78, 5) is 27.9. The lowest BCUT2D eigenvalue weighted by molar-refractivity contribution is -0.122. The first-order chi connectivity index (χ1) is 10.6. The fourth-order valence-electron chi connectivity index (χ4n) is 1.82. The molecule has 8 nitrogen and oxygen atoms in total. The summed E-state index contributed by atoms with van der Waals surface area (Å²) in [6, 6.07) is 5.60. The van der Waals surface area contributed by atoms with E-state index in [0.717, 1.165) is 11.2 Å². The number of aryl methyl sites for hydroxylation is 1. The van der Waals surface area contributed by atoms with Crippen molar-refractivity contribution in [3.63, 3.8) is 0 Å². The largest absolute Gasteiger partial charge is 0.483 e. The maximum absolute atomic E-state index is 11.9. The number of amides is 1. The van der Waals surface area contributed by atoms with Crippen molar-refractivity contribution >= 4 is 23.6 Å². The topological polar surface area (TPSA) is 109 Å². The van der Waals surface area contributed by atoms with E-state index in [2.05, 4.69) is 20.4 Å². The highest BCUT2D eigenvalue weighted by molar-refractivity contribution is 6.04. The van der Waals surface area contributed by atoms with Gasteiger partial charge in [0.25, 0.3) is 12.4 Å². The molecule has 0 radical (unpaired) electrons. The van der Waals surface area contributed by atoms with Crippen LogP contribution < -0.4 is 5.32 Å². The van der Waals surface area contributed by atoms with Crippen LogP contribution in [0.25, 0.3) is 5.52 Å². The number of nitrogens with zero attached hydrogens (tertiary/aromatic N) is 4. The van der Waals surface area contributed by atoms with Crippen LogP contribution >= 0.6 is 0 Å². The average Bonchev–Trinajstić information content (AvgIpc) is 2.88. The molecule has 112 valence electrons. The molecule has 0 unspecified atom stereocenters. The van der Waals surface area contributed by atoms with E-state index in [-0.39, 0.29) is 12.4 Å². The highest BCUT2D eigenvalue weighted by Gasteiger charge is 2.07. The fraction of sp³-hybridized carbons (Fsp3) is 0.0714. The van der Waals surface area contributed by atoms with Gasteiger partial charge in [-0.25, -0.2) is 14.5 Å². The van der Waals surface area contributed by atoms with Crippen molar-refractivity contribution in [3.05, 3.63) is 54.4 Å². The van der Waals surface area contributed by atoms with E-state index < -0.39 is 0 Å². The predicted molar refractivity (Wildman–Crippen MR) is 78.6 cm³/mol. The molecule has 0 saturated carbocycles. The van der Waals surface area contributed by atoms with Gasteiger partial charge < -0.3 is 10.4 Å². The van der Waals surface area contributed by atoms with Crippen molar-refractivity contribution in [2.75, 3.05) is 5.32 Å². The number of carbonyl (C=O) groups excluding carboxylic acids is 1. The Kier molecular flexibility index (Phi) is 4.76. The van der Waals surface area contributed by atoms with Gasteiger partial charge in [0.2, 0.25) is 0 Å². The molecular weight excluding hydrogens is 286 g/mol. The van der Waals surface area contributed by atoms with Gasteiger partial charge >= 0.3 is 0 Å². The van der Waals surface area contributed by atoms with Crippen LogP contribution in [-0.4, -0.2) is 37.1 Å². The van der Waals surface area contributed by atoms with E-state index in [1.807, 2.05) is 19.1 Å². The van der Waals surface area contributed by atoms with Crippen molar-refractivity contribution in [2.45, 2.75) is 6.92 Å². The summed E-state index contributed by atoms with van der Waals surface area (Å²) in [5.41, 5.74) is 2.99. The number of carbonyl (C=O) groups is 2. The normalized spacial score (nSPS) is 9.68. The second-order valence-electron chi connectivity index (χ2n) is 4.26. The zero-order valence-corrected chi connectivity index (χ0v) is 11.7. The lowest BCUT2D eigenvalue weighted by atomic mass is 10.3. The predicted octanol–water partition coefficient (Wildman–Crippen LogP) is 1.39. The van der Waals surface area contributed by atoms with Gasteiger partial charge in [-0.15, -0.1) is 0 Å². The Labute approximate surface area is 125 Å². The SMILES string of the molecule is Cc1cc2cc(NC(=O)c3cncnc3)ccn2n1.O=CO. The molecule has 0 aromatic carbocycles. The van der Waals surface area contributed by atoms with Gasteiger partial charge in [-0.1, -0.05) is 0 Å². The standard InChI is InChI=1S/C13H11N5O.CH2O2/c1-9-4-12-5-11(2-3-18(12)17-9)16-13(19)10-6-14-8-15-7-10;2-1-3/h2-8H,1H3,(H,16,19);1H,(H,2,3). The molecule has 3 rings (SSSR count). The van der Waals surface area contributed by atoms with E-state index in [1.54, 1.807) is 16.8 Å². The lowest BCUT2D eigenvalue weighted by Gasteiger charge is -2.04. The van der Waals surface area contributed by atoms with Crippen LogP contribution in [0.1, 0.15) is 16.1 Å². The van der Waals surface area contributed by atoms with Gasteiger partial charge in [-0.05, 0) is 25.1 Å². The highest BCUT2D eigenvalue weighted by atomic mass is 16.3. The molecule has 0 aliphatic heterocycles. The molecule has 3 aromatic heterocycles. The number of aromatic nitrogens is 4. The Morgan fingerprint density at radius 1 is 1.32 bits per heavy atom. The Morgan fingerprint density at radius 3 is 2.68 bits per heavy atom. The average molecular weight is 299 g/mol. The number of hydrogen-bond acceptors (Lipinski definition) is 5. The fourth-order valence-corrected chi connectivity index (χ4v) is 1.82. The molecule has 22 heavy (non-hydrogen) atoms. The molecule has 0 fully saturated rings. The smallest absolute Gasteiger partial charge is 0.290 e. The van der Waals surface area contributed by atoms with Gasteiger partial charge in [0, 0.05) is 24.3 Å². The third kappa shape index (κ3) is 3.63. The Balaban J connectivity index is 0.000000545. The minimum atomic E-state index is -0.250. The van der Waals surface area contributed by atoms with Crippen LogP contribution in [-0.2, 0) is 4.79 Å². The third-order valence-electron chi connectivity index (χ3n) is 2.67. The molecule has 3 heterocycles. The first-order valence-electron chi connectivity index (χ1n) is 6.24. The zero-order valence-electron chi connectivity index (χ0n) is 11.7. The monoisotopic (exact) mass is 299 g/mol. The van der Waals surface area contributed by atoms with Crippen molar-refractivity contribution in [1.29, 1.82) is 0 Å². The summed E-state index contributed by atoms with van der Waals surface area (Å²) in [6.45, 7) is 1.67. The van der Waals surface area contributed by atoms with E-state index >= 15 is 0 Å². The van der Waals surface area contributed by atoms with Crippen LogP contribution in [0.2, 0.25) is 0 Å². The number of carboxylic acid groups (broad SMARTS) is 1. The molecule has 0 atom stereocenters. The molecule has 3 aromatic rings. The molecule has 0 aliphatic rings. The first-order valence-corrected chi connectivity index (χ1v) is 6.24. The van der Waals surface area contributed by atoms with Gasteiger partial charge in [-0.2, -0.15) is 5.10 Å². The molecule has 0 aliphatic carbocycles. The number of hydrogen-bond donors (Lipinski definition) is 2. The summed E-state index contributed by atoms with van der Waals surface area (Å²) in [5.74, 6) is -0.235. The second kappa shape index (κ2) is 6.93. The Morgan fingerprint density at radius 2 is 2.00 bits per heavy atom. The summed E-state index contributed by atoms with van der Waals surface area (Å²) in [5, 5.41) is 14.0. The maximum atomic E-state index is 11.9. The number of pyridine rings is 1. The number of rotatable bonds is 2. The second-order valence-corrected chi connectivity index (χ2v) is 4.26. The number of nitrogens with one attached hydrogen (secondary N) is 1. The van der Waals surface area contributed by atoms with Crippen molar-refractivity contribution in [3.8, 4) is 0 Å². The van der Waals surface area contributed by atoms with Crippen LogP contribution in [0.3, 0.4) is 0 Å². The van der Waals surface area contributed by atoms with E-state index in [9.17, 15) is 4.79 Å². The van der Waals surface area contributed by atoms with E-state index in [1.165, 1.54) is 18.7 Å². The van der Waals surface area contributed by atoms with Crippen LogP contribution in [0, 0.1) is 6.92 Å². The summed E-state index contributed by atoms with van der Waals surface area (Å²) >= 11 is 0. The molecular formula is C14H13N5O3. The van der Waals surface area contributed by atoms with Gasteiger partial charge in [0.15, 0.2) is 0 Å². The summed E-state index contributed by atoms with van der Waals surface area (Å²) in [7, 11) is 0. The Bertz CT molecular complexity index is 786. The maximum Gasteiger partial charge on any atom is 0.290 e. The molecule has 0 bridgehead atoms. The van der Waals surface area contributed by atoms with Crippen molar-refractivity contribution < 1.29 is 14.7 Å². The number of fused-ring (bicyclic) bond motifs is 1. The van der Waals surface area contributed by atoms with Gasteiger partial charge in [-0.3, -0.25) is 9.59 Å². The lowest BCUT2D eigenvalue weighted by Crippen LogP contribution is -2.12. The van der Waals surface area contributed by atoms with Crippen LogP contribution in [0.4, 0.5) is 5.69 Å². The van der Waals surface area contributed by atoms with E-state index in [4.69, 9.17) is 9.90 Å². The van der Waals surface area contributed by atoms with Gasteiger partial charge in [0.1, 0.15) is 6.33 Å². The minimum Gasteiger partial charge on any atom is -0.483 e.